The lowest BCUT2D eigenvalue weighted by Crippen LogP contribution is -2.17. The summed E-state index contributed by atoms with van der Waals surface area (Å²) < 4.78 is 0. The van der Waals surface area contributed by atoms with Crippen LogP contribution in [0.3, 0.4) is 0 Å². The van der Waals surface area contributed by atoms with Gasteiger partial charge in [0, 0.05) is 0 Å². The predicted octanol–water partition coefficient (Wildman–Crippen LogP) is 5.57. The van der Waals surface area contributed by atoms with Crippen molar-refractivity contribution in [3.8, 4) is 0 Å². The van der Waals surface area contributed by atoms with E-state index in [1.165, 1.54) is 45.3 Å². The molecule has 0 N–H and O–H groups in total. The number of hydrogen-bond acceptors (Lipinski definition) is 0. The van der Waals surface area contributed by atoms with E-state index in [4.69, 9.17) is 0 Å². The molecule has 0 fully saturated rings. The molecule has 0 saturated heterocycles. The summed E-state index contributed by atoms with van der Waals surface area (Å²) in [7, 11) is 2.91. The van der Waals surface area contributed by atoms with Crippen LogP contribution in [0.1, 0.15) is 39.2 Å². The van der Waals surface area contributed by atoms with Crippen molar-refractivity contribution in [3.05, 3.63) is 54.1 Å². The Hall–Kier alpha value is -1.39. The molecule has 0 aromatic heterocycles. The molecule has 1 heteroatoms. The first-order valence-corrected chi connectivity index (χ1v) is 8.33. The molecule has 0 nitrogen and oxygen atoms in total. The SMILES string of the molecule is CCCC(C)(C)c1cccc2c1cc(P)c1ccccc12. The molecule has 3 aromatic rings. The lowest BCUT2D eigenvalue weighted by Gasteiger charge is -2.27. The van der Waals surface area contributed by atoms with E-state index in [0.717, 1.165) is 0 Å². The fourth-order valence-electron chi connectivity index (χ4n) is 3.51. The largest absolute Gasteiger partial charge is 0.105 e. The molecular formula is C20H23P. The van der Waals surface area contributed by atoms with Crippen LogP contribution >= 0.6 is 9.24 Å². The van der Waals surface area contributed by atoms with E-state index in [1.807, 2.05) is 0 Å². The van der Waals surface area contributed by atoms with E-state index in [2.05, 4.69) is 78.5 Å². The molecule has 0 spiro atoms. The molecular weight excluding hydrogens is 271 g/mol. The van der Waals surface area contributed by atoms with Gasteiger partial charge in [-0.2, -0.15) is 0 Å². The molecule has 3 aromatic carbocycles. The van der Waals surface area contributed by atoms with Crippen molar-refractivity contribution in [2.45, 2.75) is 39.0 Å². The van der Waals surface area contributed by atoms with Gasteiger partial charge < -0.3 is 0 Å². The minimum atomic E-state index is 0.216. The van der Waals surface area contributed by atoms with Crippen molar-refractivity contribution in [3.63, 3.8) is 0 Å². The second-order valence-corrected chi connectivity index (χ2v) is 7.17. The molecule has 0 aliphatic rings. The predicted molar refractivity (Wildman–Crippen MR) is 98.7 cm³/mol. The topological polar surface area (TPSA) is 0 Å². The van der Waals surface area contributed by atoms with E-state index < -0.39 is 0 Å². The Labute approximate surface area is 129 Å². The summed E-state index contributed by atoms with van der Waals surface area (Å²) in [6, 6.07) is 17.8. The van der Waals surface area contributed by atoms with Gasteiger partial charge in [0.15, 0.2) is 0 Å². The molecule has 0 aliphatic heterocycles. The molecule has 3 rings (SSSR count). The van der Waals surface area contributed by atoms with Crippen LogP contribution in [0.2, 0.25) is 0 Å². The Kier molecular flexibility index (Phi) is 3.76. The zero-order valence-corrected chi connectivity index (χ0v) is 14.3. The molecule has 0 aliphatic carbocycles. The first-order chi connectivity index (χ1) is 10.0. The maximum absolute atomic E-state index is 2.91. The van der Waals surface area contributed by atoms with Crippen LogP contribution in [0, 0.1) is 0 Å². The third-order valence-corrected chi connectivity index (χ3v) is 5.02. The van der Waals surface area contributed by atoms with Gasteiger partial charge in [0.2, 0.25) is 0 Å². The van der Waals surface area contributed by atoms with Crippen molar-refractivity contribution < 1.29 is 0 Å². The van der Waals surface area contributed by atoms with Crippen LogP contribution in [0.25, 0.3) is 21.5 Å². The molecule has 0 heterocycles. The fraction of sp³-hybridized carbons (Fsp3) is 0.300. The summed E-state index contributed by atoms with van der Waals surface area (Å²) >= 11 is 0. The molecule has 0 radical (unpaired) electrons. The van der Waals surface area contributed by atoms with Crippen molar-refractivity contribution in [1.29, 1.82) is 0 Å². The van der Waals surface area contributed by atoms with Crippen molar-refractivity contribution in [1.82, 2.24) is 0 Å². The van der Waals surface area contributed by atoms with Crippen LogP contribution in [0.15, 0.2) is 48.5 Å². The van der Waals surface area contributed by atoms with Gasteiger partial charge in [0.1, 0.15) is 0 Å². The number of fused-ring (bicyclic) bond motifs is 3. The average molecular weight is 294 g/mol. The summed E-state index contributed by atoms with van der Waals surface area (Å²) in [6.07, 6.45) is 2.43. The summed E-state index contributed by atoms with van der Waals surface area (Å²) in [5.74, 6) is 0. The maximum Gasteiger partial charge on any atom is -0.00975 e. The van der Waals surface area contributed by atoms with Gasteiger partial charge >= 0.3 is 0 Å². The highest BCUT2D eigenvalue weighted by atomic mass is 31.0. The quantitative estimate of drug-likeness (QED) is 0.437. The molecule has 0 saturated carbocycles. The third kappa shape index (κ3) is 2.47. The van der Waals surface area contributed by atoms with Gasteiger partial charge in [0.25, 0.3) is 0 Å². The first-order valence-electron chi connectivity index (χ1n) is 7.75. The van der Waals surface area contributed by atoms with E-state index in [0.29, 0.717) is 0 Å². The van der Waals surface area contributed by atoms with Gasteiger partial charge in [-0.15, -0.1) is 9.24 Å². The van der Waals surface area contributed by atoms with Gasteiger partial charge in [-0.05, 0) is 50.3 Å². The Morgan fingerprint density at radius 2 is 1.48 bits per heavy atom. The van der Waals surface area contributed by atoms with Gasteiger partial charge in [0.05, 0.1) is 0 Å². The number of rotatable bonds is 3. The van der Waals surface area contributed by atoms with E-state index >= 15 is 0 Å². The standard InChI is InChI=1S/C20H23P/c1-4-12-20(2,3)18-11-7-10-15-14-8-5-6-9-16(14)19(21)13-17(15)18/h5-11,13H,4,12,21H2,1-3H3. The molecule has 1 unspecified atom stereocenters. The van der Waals surface area contributed by atoms with Crippen LogP contribution in [-0.2, 0) is 5.41 Å². The van der Waals surface area contributed by atoms with E-state index in [1.54, 1.807) is 0 Å². The summed E-state index contributed by atoms with van der Waals surface area (Å²) in [5.41, 5.74) is 1.68. The lowest BCUT2D eigenvalue weighted by molar-refractivity contribution is 0.477. The minimum absolute atomic E-state index is 0.216. The van der Waals surface area contributed by atoms with Crippen LogP contribution in [-0.4, -0.2) is 0 Å². The van der Waals surface area contributed by atoms with E-state index in [-0.39, 0.29) is 5.41 Å². The highest BCUT2D eigenvalue weighted by Crippen LogP contribution is 2.36. The highest BCUT2D eigenvalue weighted by molar-refractivity contribution is 7.28. The smallest absolute Gasteiger partial charge is 0.00975 e. The number of benzene rings is 3. The van der Waals surface area contributed by atoms with Gasteiger partial charge in [-0.25, -0.2) is 0 Å². The summed E-state index contributed by atoms with van der Waals surface area (Å²) in [5, 5.41) is 6.76. The van der Waals surface area contributed by atoms with E-state index in [9.17, 15) is 0 Å². The Morgan fingerprint density at radius 3 is 2.19 bits per heavy atom. The molecule has 0 amide bonds. The summed E-state index contributed by atoms with van der Waals surface area (Å²) in [4.78, 5) is 0. The molecule has 0 bridgehead atoms. The molecule has 1 atom stereocenters. The fourth-order valence-corrected chi connectivity index (χ4v) is 3.93. The minimum Gasteiger partial charge on any atom is -0.105 e. The first kappa shape index (κ1) is 14.5. The Balaban J connectivity index is 2.39. The second-order valence-electron chi connectivity index (χ2n) is 6.55. The summed E-state index contributed by atoms with van der Waals surface area (Å²) in [6.45, 7) is 7.00. The third-order valence-electron chi connectivity index (χ3n) is 4.54. The Morgan fingerprint density at radius 1 is 0.857 bits per heavy atom. The molecule has 108 valence electrons. The van der Waals surface area contributed by atoms with Crippen molar-refractivity contribution in [2.75, 3.05) is 0 Å². The lowest BCUT2D eigenvalue weighted by atomic mass is 9.78. The van der Waals surface area contributed by atoms with Crippen LogP contribution < -0.4 is 5.30 Å². The molecule has 21 heavy (non-hydrogen) atoms. The number of hydrogen-bond donors (Lipinski definition) is 0. The zero-order valence-electron chi connectivity index (χ0n) is 13.1. The maximum atomic E-state index is 2.91. The highest BCUT2D eigenvalue weighted by Gasteiger charge is 2.22. The van der Waals surface area contributed by atoms with Crippen molar-refractivity contribution in [2.24, 2.45) is 0 Å². The van der Waals surface area contributed by atoms with Crippen LogP contribution in [0.4, 0.5) is 0 Å². The van der Waals surface area contributed by atoms with Crippen molar-refractivity contribution >= 4 is 36.1 Å². The average Bonchev–Trinajstić information content (AvgIpc) is 2.47. The van der Waals surface area contributed by atoms with Gasteiger partial charge in [-0.3, -0.25) is 0 Å². The van der Waals surface area contributed by atoms with Crippen LogP contribution in [0.5, 0.6) is 0 Å². The van der Waals surface area contributed by atoms with Gasteiger partial charge in [-0.1, -0.05) is 69.7 Å². The zero-order chi connectivity index (χ0) is 15.0. The normalized spacial score (nSPS) is 12.2. The second kappa shape index (κ2) is 5.43. The monoisotopic (exact) mass is 294 g/mol. The Bertz CT molecular complexity index is 799.